The molecule has 1 aliphatic heterocycles. The topological polar surface area (TPSA) is 94.5 Å². The third kappa shape index (κ3) is 3.79. The molecule has 188 valence electrons. The van der Waals surface area contributed by atoms with Gasteiger partial charge in [0.1, 0.15) is 5.75 Å². The van der Waals surface area contributed by atoms with Crippen LogP contribution in [0.2, 0.25) is 0 Å². The zero-order valence-electron chi connectivity index (χ0n) is 20.7. The largest absolute Gasteiger partial charge is 0.494 e. The molecule has 0 aliphatic carbocycles. The minimum absolute atomic E-state index is 0.133. The molecular formula is C28H27N5O4. The fraction of sp³-hybridized carbons (Fsp3) is 0.250. The van der Waals surface area contributed by atoms with Crippen molar-refractivity contribution < 1.29 is 9.84 Å². The number of hydrogen-bond acceptors (Lipinski definition) is 6. The number of hydrogen-bond donors (Lipinski definition) is 1. The highest BCUT2D eigenvalue weighted by atomic mass is 16.5. The van der Waals surface area contributed by atoms with Gasteiger partial charge in [-0.3, -0.25) is 13.9 Å². The molecule has 0 amide bonds. The molecule has 0 saturated carbocycles. The maximum Gasteiger partial charge on any atom is 0.332 e. The van der Waals surface area contributed by atoms with Crippen LogP contribution in [0.4, 0.5) is 11.6 Å². The summed E-state index contributed by atoms with van der Waals surface area (Å²) >= 11 is 0. The average Bonchev–Trinajstić information content (AvgIpc) is 3.30. The summed E-state index contributed by atoms with van der Waals surface area (Å²) in [6.07, 6.45) is -0.723. The van der Waals surface area contributed by atoms with Gasteiger partial charge in [-0.15, -0.1) is 0 Å². The number of β-amino-alcohol motifs (C(OH)–C–C–N with tert-alkyl or cyclic N) is 1. The molecule has 3 aromatic carbocycles. The molecule has 0 saturated heterocycles. The standard InChI is InChI=1S/C28H27N5O4/c1-3-37-22-13-11-20(12-14-22)31-16-21(34)17-32-24-25(29-27(31)32)30(2)28(36)33(26(24)35)15-19-9-6-8-18-7-4-5-10-23(18)19/h4-14,21,34H,3,15-17H2,1-2H3/t21-/m0/s1. The number of fused-ring (bicyclic) bond motifs is 4. The highest BCUT2D eigenvalue weighted by Gasteiger charge is 2.30. The Kier molecular flexibility index (Phi) is 5.57. The zero-order valence-corrected chi connectivity index (χ0v) is 20.7. The Bertz CT molecular complexity index is 1740. The third-order valence-corrected chi connectivity index (χ3v) is 6.91. The smallest absolute Gasteiger partial charge is 0.332 e. The summed E-state index contributed by atoms with van der Waals surface area (Å²) < 4.78 is 9.94. The maximum atomic E-state index is 13.8. The number of benzene rings is 3. The van der Waals surface area contributed by atoms with Gasteiger partial charge in [0.25, 0.3) is 5.56 Å². The fourth-order valence-corrected chi connectivity index (χ4v) is 5.15. The molecule has 37 heavy (non-hydrogen) atoms. The van der Waals surface area contributed by atoms with Gasteiger partial charge in [-0.05, 0) is 47.5 Å². The monoisotopic (exact) mass is 497 g/mol. The number of anilines is 2. The Morgan fingerprint density at radius 1 is 1.00 bits per heavy atom. The first kappa shape index (κ1) is 23.1. The lowest BCUT2D eigenvalue weighted by Crippen LogP contribution is -2.42. The minimum Gasteiger partial charge on any atom is -0.494 e. The molecular weight excluding hydrogens is 470 g/mol. The van der Waals surface area contributed by atoms with E-state index in [1.807, 2.05) is 78.6 Å². The van der Waals surface area contributed by atoms with E-state index in [-0.39, 0.29) is 13.1 Å². The summed E-state index contributed by atoms with van der Waals surface area (Å²) in [4.78, 5) is 33.8. The predicted octanol–water partition coefficient (Wildman–Crippen LogP) is 3.01. The van der Waals surface area contributed by atoms with Gasteiger partial charge in [0.15, 0.2) is 11.2 Å². The Hall–Kier alpha value is -4.37. The Labute approximate surface area is 212 Å². The van der Waals surface area contributed by atoms with Crippen molar-refractivity contribution in [1.82, 2.24) is 18.7 Å². The van der Waals surface area contributed by atoms with E-state index in [1.165, 1.54) is 9.13 Å². The molecule has 0 fully saturated rings. The number of nitrogens with zero attached hydrogens (tertiary/aromatic N) is 5. The zero-order chi connectivity index (χ0) is 25.7. The number of aryl methyl sites for hydroxylation is 1. The van der Waals surface area contributed by atoms with Crippen LogP contribution in [0.1, 0.15) is 12.5 Å². The Morgan fingerprint density at radius 2 is 1.76 bits per heavy atom. The van der Waals surface area contributed by atoms with Crippen molar-refractivity contribution in [2.75, 3.05) is 18.1 Å². The van der Waals surface area contributed by atoms with Crippen molar-refractivity contribution in [2.24, 2.45) is 7.05 Å². The third-order valence-electron chi connectivity index (χ3n) is 6.91. The quantitative estimate of drug-likeness (QED) is 0.401. The first-order chi connectivity index (χ1) is 18.0. The molecule has 6 rings (SSSR count). The highest BCUT2D eigenvalue weighted by molar-refractivity contribution is 5.85. The van der Waals surface area contributed by atoms with Gasteiger partial charge in [0.2, 0.25) is 5.95 Å². The molecule has 1 aliphatic rings. The molecule has 9 heteroatoms. The second-order valence-electron chi connectivity index (χ2n) is 9.26. The summed E-state index contributed by atoms with van der Waals surface area (Å²) in [6, 6.07) is 21.3. The van der Waals surface area contributed by atoms with Crippen molar-refractivity contribution in [3.8, 4) is 5.75 Å². The first-order valence-electron chi connectivity index (χ1n) is 12.3. The maximum absolute atomic E-state index is 13.8. The lowest BCUT2D eigenvalue weighted by Gasteiger charge is -2.32. The molecule has 1 N–H and O–H groups in total. The van der Waals surface area contributed by atoms with Crippen LogP contribution in [0.15, 0.2) is 76.3 Å². The SMILES string of the molecule is CCOc1ccc(N2C[C@H](O)Cn3c2nc2c3c(=O)n(Cc3cccc4ccccc34)c(=O)n2C)cc1. The number of rotatable bonds is 5. The van der Waals surface area contributed by atoms with Gasteiger partial charge in [-0.1, -0.05) is 42.5 Å². The van der Waals surface area contributed by atoms with Crippen molar-refractivity contribution >= 4 is 33.6 Å². The number of aliphatic hydroxyl groups excluding tert-OH is 1. The summed E-state index contributed by atoms with van der Waals surface area (Å²) in [5.41, 5.74) is 1.42. The van der Waals surface area contributed by atoms with Crippen LogP contribution >= 0.6 is 0 Å². The van der Waals surface area contributed by atoms with Crippen LogP contribution in [-0.4, -0.2) is 43.0 Å². The molecule has 0 unspecified atom stereocenters. The van der Waals surface area contributed by atoms with Crippen LogP contribution in [0, 0.1) is 0 Å². The van der Waals surface area contributed by atoms with Gasteiger partial charge < -0.3 is 19.3 Å². The summed E-state index contributed by atoms with van der Waals surface area (Å²) in [5, 5.41) is 12.8. The van der Waals surface area contributed by atoms with Crippen LogP contribution in [0.25, 0.3) is 21.9 Å². The van der Waals surface area contributed by atoms with E-state index < -0.39 is 17.4 Å². The Morgan fingerprint density at radius 3 is 2.54 bits per heavy atom. The normalized spacial score (nSPS) is 15.3. The van der Waals surface area contributed by atoms with Crippen LogP contribution in [0.5, 0.6) is 5.75 Å². The van der Waals surface area contributed by atoms with E-state index in [2.05, 4.69) is 0 Å². The number of aliphatic hydroxyl groups is 1. The number of aromatic nitrogens is 4. The van der Waals surface area contributed by atoms with Crippen molar-refractivity contribution in [1.29, 1.82) is 0 Å². The number of imidazole rings is 1. The fourth-order valence-electron chi connectivity index (χ4n) is 5.15. The summed E-state index contributed by atoms with van der Waals surface area (Å²) in [7, 11) is 1.63. The second kappa shape index (κ2) is 8.94. The van der Waals surface area contributed by atoms with Gasteiger partial charge in [0, 0.05) is 12.7 Å². The van der Waals surface area contributed by atoms with Crippen molar-refractivity contribution in [3.05, 3.63) is 93.1 Å². The van der Waals surface area contributed by atoms with Gasteiger partial charge in [-0.25, -0.2) is 4.79 Å². The molecule has 9 nitrogen and oxygen atoms in total. The molecule has 1 atom stereocenters. The van der Waals surface area contributed by atoms with E-state index in [1.54, 1.807) is 11.6 Å². The molecule has 0 radical (unpaired) electrons. The van der Waals surface area contributed by atoms with Gasteiger partial charge in [-0.2, -0.15) is 4.98 Å². The van der Waals surface area contributed by atoms with Crippen molar-refractivity contribution in [3.63, 3.8) is 0 Å². The van der Waals surface area contributed by atoms with E-state index in [9.17, 15) is 14.7 Å². The van der Waals surface area contributed by atoms with E-state index in [4.69, 9.17) is 9.72 Å². The molecule has 0 spiro atoms. The molecule has 0 bridgehead atoms. The van der Waals surface area contributed by atoms with Crippen LogP contribution in [0.3, 0.4) is 0 Å². The Balaban J connectivity index is 1.51. The minimum atomic E-state index is -0.723. The molecule has 5 aromatic rings. The summed E-state index contributed by atoms with van der Waals surface area (Å²) in [5.74, 6) is 1.26. The molecule has 3 heterocycles. The van der Waals surface area contributed by atoms with Gasteiger partial charge >= 0.3 is 5.69 Å². The lowest BCUT2D eigenvalue weighted by atomic mass is 10.0. The molecule has 2 aromatic heterocycles. The van der Waals surface area contributed by atoms with E-state index in [0.717, 1.165) is 27.8 Å². The van der Waals surface area contributed by atoms with Crippen LogP contribution < -0.4 is 20.9 Å². The van der Waals surface area contributed by atoms with E-state index >= 15 is 0 Å². The van der Waals surface area contributed by atoms with Crippen LogP contribution in [-0.2, 0) is 20.1 Å². The lowest BCUT2D eigenvalue weighted by molar-refractivity contribution is 0.154. The average molecular weight is 498 g/mol. The summed E-state index contributed by atoms with van der Waals surface area (Å²) in [6.45, 7) is 3.15. The number of ether oxygens (including phenoxy) is 1. The van der Waals surface area contributed by atoms with Crippen molar-refractivity contribution in [2.45, 2.75) is 26.1 Å². The predicted molar refractivity (Wildman–Crippen MR) is 143 cm³/mol. The van der Waals surface area contributed by atoms with E-state index in [0.29, 0.717) is 30.3 Å². The highest BCUT2D eigenvalue weighted by Crippen LogP contribution is 2.32. The first-order valence-corrected chi connectivity index (χ1v) is 12.3. The van der Waals surface area contributed by atoms with Gasteiger partial charge in [0.05, 0.1) is 32.3 Å². The second-order valence-corrected chi connectivity index (χ2v) is 9.26.